The normalized spacial score (nSPS) is 45.9. The topological polar surface area (TPSA) is 47.9 Å². The molecule has 0 aromatic rings. The molecule has 1 aliphatic carbocycles. The van der Waals surface area contributed by atoms with Gasteiger partial charge in [-0.3, -0.25) is 0 Å². The van der Waals surface area contributed by atoms with E-state index in [2.05, 4.69) is 6.92 Å². The second-order valence-corrected chi connectivity index (χ2v) is 7.48. The summed E-state index contributed by atoms with van der Waals surface area (Å²) in [6.45, 7) is 4.51. The van der Waals surface area contributed by atoms with E-state index in [1.54, 1.807) is 7.11 Å². The maximum Gasteiger partial charge on any atom is 0.0940 e. The van der Waals surface area contributed by atoms with E-state index in [0.29, 0.717) is 6.61 Å². The lowest BCUT2D eigenvalue weighted by molar-refractivity contribution is -0.179. The van der Waals surface area contributed by atoms with Crippen LogP contribution in [-0.4, -0.2) is 49.3 Å². The highest BCUT2D eigenvalue weighted by Gasteiger charge is 2.49. The van der Waals surface area contributed by atoms with E-state index in [4.69, 9.17) is 14.2 Å². The van der Waals surface area contributed by atoms with Crippen molar-refractivity contribution in [3.05, 3.63) is 0 Å². The van der Waals surface area contributed by atoms with Gasteiger partial charge < -0.3 is 19.3 Å². The predicted molar refractivity (Wildman–Crippen MR) is 80.2 cm³/mol. The molecule has 2 aliphatic heterocycles. The SMILES string of the molecule is COC1(C(O)C2CCOC3(CCOC3)C2)CCC(C)CC1. The van der Waals surface area contributed by atoms with Crippen molar-refractivity contribution in [1.29, 1.82) is 0 Å². The third kappa shape index (κ3) is 3.00. The van der Waals surface area contributed by atoms with Crippen molar-refractivity contribution < 1.29 is 19.3 Å². The molecule has 122 valence electrons. The van der Waals surface area contributed by atoms with Gasteiger partial charge in [-0.15, -0.1) is 0 Å². The van der Waals surface area contributed by atoms with Gasteiger partial charge in [0.1, 0.15) is 0 Å². The van der Waals surface area contributed by atoms with Gasteiger partial charge in [0.2, 0.25) is 0 Å². The fourth-order valence-electron chi connectivity index (χ4n) is 4.50. The van der Waals surface area contributed by atoms with Gasteiger partial charge >= 0.3 is 0 Å². The molecular formula is C17H30O4. The Morgan fingerprint density at radius 3 is 2.52 bits per heavy atom. The number of aliphatic hydroxyl groups is 1. The number of hydrogen-bond donors (Lipinski definition) is 1. The van der Waals surface area contributed by atoms with Crippen LogP contribution in [0.1, 0.15) is 51.9 Å². The van der Waals surface area contributed by atoms with Crippen molar-refractivity contribution in [2.75, 3.05) is 26.9 Å². The first-order valence-corrected chi connectivity index (χ1v) is 8.54. The van der Waals surface area contributed by atoms with E-state index in [0.717, 1.165) is 64.1 Å². The van der Waals surface area contributed by atoms with Crippen molar-refractivity contribution in [3.63, 3.8) is 0 Å². The Morgan fingerprint density at radius 1 is 1.14 bits per heavy atom. The molecule has 4 heteroatoms. The molecule has 0 amide bonds. The molecule has 2 saturated heterocycles. The van der Waals surface area contributed by atoms with E-state index in [1.807, 2.05) is 0 Å². The van der Waals surface area contributed by atoms with Crippen LogP contribution in [0.2, 0.25) is 0 Å². The second kappa shape index (κ2) is 6.15. The quantitative estimate of drug-likeness (QED) is 0.870. The van der Waals surface area contributed by atoms with Crippen LogP contribution in [0.5, 0.6) is 0 Å². The van der Waals surface area contributed by atoms with Crippen LogP contribution in [0.15, 0.2) is 0 Å². The van der Waals surface area contributed by atoms with Gasteiger partial charge in [-0.05, 0) is 50.4 Å². The maximum absolute atomic E-state index is 11.1. The van der Waals surface area contributed by atoms with Crippen LogP contribution in [0, 0.1) is 11.8 Å². The first-order chi connectivity index (χ1) is 10.1. The minimum Gasteiger partial charge on any atom is -0.390 e. The number of rotatable bonds is 3. The summed E-state index contributed by atoms with van der Waals surface area (Å²) in [5.74, 6) is 1.03. The smallest absolute Gasteiger partial charge is 0.0940 e. The van der Waals surface area contributed by atoms with Gasteiger partial charge in [0.15, 0.2) is 0 Å². The predicted octanol–water partition coefficient (Wildman–Crippen LogP) is 2.53. The number of methoxy groups -OCH3 is 1. The summed E-state index contributed by atoms with van der Waals surface area (Å²) in [5.41, 5.74) is -0.476. The third-order valence-electron chi connectivity index (χ3n) is 6.11. The summed E-state index contributed by atoms with van der Waals surface area (Å²) in [7, 11) is 1.77. The molecule has 0 aromatic heterocycles. The summed E-state index contributed by atoms with van der Waals surface area (Å²) in [6, 6.07) is 0. The van der Waals surface area contributed by atoms with Crippen LogP contribution < -0.4 is 0 Å². The molecule has 1 saturated carbocycles. The highest BCUT2D eigenvalue weighted by Crippen LogP contribution is 2.44. The van der Waals surface area contributed by atoms with Gasteiger partial charge in [-0.1, -0.05) is 6.92 Å². The Balaban J connectivity index is 1.69. The molecule has 3 aliphatic rings. The number of hydrogen-bond acceptors (Lipinski definition) is 4. The van der Waals surface area contributed by atoms with Crippen LogP contribution in [0.25, 0.3) is 0 Å². The molecule has 3 fully saturated rings. The zero-order chi connectivity index (χ0) is 14.9. The van der Waals surface area contributed by atoms with Crippen molar-refractivity contribution in [1.82, 2.24) is 0 Å². The third-order valence-corrected chi connectivity index (χ3v) is 6.11. The Morgan fingerprint density at radius 2 is 1.90 bits per heavy atom. The van der Waals surface area contributed by atoms with Crippen molar-refractivity contribution in [3.8, 4) is 0 Å². The van der Waals surface area contributed by atoms with Crippen LogP contribution in [-0.2, 0) is 14.2 Å². The molecule has 3 unspecified atom stereocenters. The van der Waals surface area contributed by atoms with E-state index >= 15 is 0 Å². The lowest BCUT2D eigenvalue weighted by atomic mass is 9.70. The molecule has 1 spiro atoms. The number of aliphatic hydroxyl groups excluding tert-OH is 1. The minimum atomic E-state index is -0.378. The summed E-state index contributed by atoms with van der Waals surface area (Å²) in [6.07, 6.45) is 6.70. The molecule has 0 bridgehead atoms. The average Bonchev–Trinajstić information content (AvgIpc) is 2.95. The van der Waals surface area contributed by atoms with Gasteiger partial charge in [0.05, 0.1) is 23.9 Å². The summed E-state index contributed by atoms with van der Waals surface area (Å²) in [4.78, 5) is 0. The fraction of sp³-hybridized carbons (Fsp3) is 1.00. The van der Waals surface area contributed by atoms with Crippen LogP contribution in [0.4, 0.5) is 0 Å². The molecule has 1 N–H and O–H groups in total. The van der Waals surface area contributed by atoms with Gasteiger partial charge in [0.25, 0.3) is 0 Å². The largest absolute Gasteiger partial charge is 0.390 e. The Kier molecular flexibility index (Phi) is 4.60. The van der Waals surface area contributed by atoms with Gasteiger partial charge in [0, 0.05) is 26.7 Å². The Labute approximate surface area is 128 Å². The lowest BCUT2D eigenvalue weighted by Crippen LogP contribution is -2.54. The highest BCUT2D eigenvalue weighted by atomic mass is 16.6. The van der Waals surface area contributed by atoms with E-state index in [1.165, 1.54) is 0 Å². The molecule has 4 nitrogen and oxygen atoms in total. The van der Waals surface area contributed by atoms with E-state index < -0.39 is 0 Å². The molecule has 21 heavy (non-hydrogen) atoms. The van der Waals surface area contributed by atoms with E-state index in [-0.39, 0.29) is 23.2 Å². The molecule has 2 heterocycles. The van der Waals surface area contributed by atoms with Crippen molar-refractivity contribution in [2.45, 2.75) is 69.2 Å². The van der Waals surface area contributed by atoms with Gasteiger partial charge in [-0.2, -0.15) is 0 Å². The van der Waals surface area contributed by atoms with Crippen molar-refractivity contribution in [2.24, 2.45) is 11.8 Å². The number of ether oxygens (including phenoxy) is 3. The summed E-state index contributed by atoms with van der Waals surface area (Å²) < 4.78 is 17.4. The summed E-state index contributed by atoms with van der Waals surface area (Å²) >= 11 is 0. The molecule has 0 radical (unpaired) electrons. The Bertz CT molecular complexity index is 343. The molecule has 0 aromatic carbocycles. The zero-order valence-corrected chi connectivity index (χ0v) is 13.5. The van der Waals surface area contributed by atoms with Crippen LogP contribution >= 0.6 is 0 Å². The zero-order valence-electron chi connectivity index (χ0n) is 13.5. The second-order valence-electron chi connectivity index (χ2n) is 7.48. The fourth-order valence-corrected chi connectivity index (χ4v) is 4.50. The van der Waals surface area contributed by atoms with Crippen LogP contribution in [0.3, 0.4) is 0 Å². The highest BCUT2D eigenvalue weighted by molar-refractivity contribution is 5.00. The average molecular weight is 298 g/mol. The Hall–Kier alpha value is -0.160. The van der Waals surface area contributed by atoms with E-state index in [9.17, 15) is 5.11 Å². The maximum atomic E-state index is 11.1. The molecule has 3 atom stereocenters. The lowest BCUT2D eigenvalue weighted by Gasteiger charge is -2.47. The van der Waals surface area contributed by atoms with Crippen molar-refractivity contribution >= 4 is 0 Å². The summed E-state index contributed by atoms with van der Waals surface area (Å²) in [5, 5.41) is 11.1. The molecule has 3 rings (SSSR count). The first-order valence-electron chi connectivity index (χ1n) is 8.54. The first kappa shape index (κ1) is 15.7. The monoisotopic (exact) mass is 298 g/mol. The standard InChI is InChI=1S/C17H30O4/c1-13-3-6-17(19-2,7-4-13)15(18)14-5-9-21-16(11-14)8-10-20-12-16/h13-15,18H,3-12H2,1-2H3. The molecular weight excluding hydrogens is 268 g/mol. The van der Waals surface area contributed by atoms with Gasteiger partial charge in [-0.25, -0.2) is 0 Å². The minimum absolute atomic E-state index is 0.138.